The molecule has 110 valence electrons. The number of rotatable bonds is 3. The van der Waals surface area contributed by atoms with Crippen molar-refractivity contribution in [2.45, 2.75) is 51.9 Å². The predicted molar refractivity (Wildman–Crippen MR) is 79.2 cm³/mol. The summed E-state index contributed by atoms with van der Waals surface area (Å²) in [6.07, 6.45) is 1.83. The molecule has 4 heteroatoms. The second kappa shape index (κ2) is 6.27. The van der Waals surface area contributed by atoms with Gasteiger partial charge in [0.2, 0.25) is 0 Å². The van der Waals surface area contributed by atoms with Gasteiger partial charge in [0.15, 0.2) is 0 Å². The molecule has 1 aliphatic heterocycles. The van der Waals surface area contributed by atoms with Crippen molar-refractivity contribution in [3.05, 3.63) is 35.9 Å². The summed E-state index contributed by atoms with van der Waals surface area (Å²) >= 11 is 0. The maximum absolute atomic E-state index is 11.9. The first kappa shape index (κ1) is 14.9. The first-order valence-electron chi connectivity index (χ1n) is 7.21. The van der Waals surface area contributed by atoms with Gasteiger partial charge in [0.25, 0.3) is 0 Å². The van der Waals surface area contributed by atoms with Gasteiger partial charge >= 0.3 is 6.09 Å². The number of alkyl carbamates (subject to hydrolysis) is 1. The summed E-state index contributed by atoms with van der Waals surface area (Å²) in [5.74, 6) is 0. The van der Waals surface area contributed by atoms with Gasteiger partial charge in [-0.05, 0) is 39.2 Å². The van der Waals surface area contributed by atoms with Gasteiger partial charge in [-0.1, -0.05) is 30.3 Å². The van der Waals surface area contributed by atoms with E-state index in [4.69, 9.17) is 4.74 Å². The third-order valence-electron chi connectivity index (χ3n) is 3.28. The van der Waals surface area contributed by atoms with Crippen molar-refractivity contribution in [3.63, 3.8) is 0 Å². The smallest absolute Gasteiger partial charge is 0.408 e. The van der Waals surface area contributed by atoms with Crippen molar-refractivity contribution in [2.24, 2.45) is 0 Å². The van der Waals surface area contributed by atoms with E-state index >= 15 is 0 Å². The third kappa shape index (κ3) is 4.53. The number of ether oxygens (including phenoxy) is 1. The van der Waals surface area contributed by atoms with Crippen LogP contribution in [0.5, 0.6) is 0 Å². The second-order valence-electron chi connectivity index (χ2n) is 6.26. The highest BCUT2D eigenvalue weighted by molar-refractivity contribution is 5.68. The number of likely N-dealkylation sites (tertiary alicyclic amines) is 1. The van der Waals surface area contributed by atoms with Gasteiger partial charge in [0, 0.05) is 13.1 Å². The quantitative estimate of drug-likeness (QED) is 0.922. The average Bonchev–Trinajstić information content (AvgIpc) is 2.75. The minimum absolute atomic E-state index is 0.0741. The van der Waals surface area contributed by atoms with Crippen LogP contribution < -0.4 is 5.32 Å². The fourth-order valence-corrected chi connectivity index (χ4v) is 2.44. The number of nitrogens with one attached hydrogen (secondary N) is 1. The zero-order valence-corrected chi connectivity index (χ0v) is 12.6. The van der Waals surface area contributed by atoms with Crippen molar-refractivity contribution in [1.82, 2.24) is 10.2 Å². The zero-order valence-electron chi connectivity index (χ0n) is 12.6. The molecule has 0 unspecified atom stereocenters. The second-order valence-corrected chi connectivity index (χ2v) is 6.26. The van der Waals surface area contributed by atoms with Crippen LogP contribution in [0.2, 0.25) is 0 Å². The summed E-state index contributed by atoms with van der Waals surface area (Å²) in [5, 5.41) is 2.97. The molecule has 1 aromatic rings. The van der Waals surface area contributed by atoms with Gasteiger partial charge in [-0.25, -0.2) is 4.79 Å². The van der Waals surface area contributed by atoms with Gasteiger partial charge in [-0.15, -0.1) is 0 Å². The van der Waals surface area contributed by atoms with Gasteiger partial charge < -0.3 is 10.1 Å². The molecule has 1 heterocycles. The van der Waals surface area contributed by atoms with Gasteiger partial charge in [-0.2, -0.15) is 0 Å². The lowest BCUT2D eigenvalue weighted by atomic mass is 10.2. The normalized spacial score (nSPS) is 19.9. The summed E-state index contributed by atoms with van der Waals surface area (Å²) < 4.78 is 5.32. The van der Waals surface area contributed by atoms with E-state index in [-0.39, 0.29) is 12.3 Å². The molecule has 0 bridgehead atoms. The van der Waals surface area contributed by atoms with Gasteiger partial charge in [0.05, 0.1) is 6.17 Å². The zero-order chi connectivity index (χ0) is 14.6. The Morgan fingerprint density at radius 1 is 1.35 bits per heavy atom. The van der Waals surface area contributed by atoms with E-state index in [9.17, 15) is 4.79 Å². The van der Waals surface area contributed by atoms with Crippen LogP contribution in [0.4, 0.5) is 4.79 Å². The van der Waals surface area contributed by atoms with E-state index in [1.54, 1.807) is 0 Å². The molecule has 2 rings (SSSR count). The van der Waals surface area contributed by atoms with E-state index in [0.717, 1.165) is 25.9 Å². The van der Waals surface area contributed by atoms with Crippen LogP contribution in [-0.4, -0.2) is 29.3 Å². The number of benzene rings is 1. The summed E-state index contributed by atoms with van der Waals surface area (Å²) in [4.78, 5) is 14.1. The molecule has 1 fully saturated rings. The maximum atomic E-state index is 11.9. The fraction of sp³-hybridized carbons (Fsp3) is 0.562. The molecule has 0 aliphatic carbocycles. The Hall–Kier alpha value is -1.55. The lowest BCUT2D eigenvalue weighted by Gasteiger charge is -2.27. The van der Waals surface area contributed by atoms with E-state index in [0.29, 0.717) is 0 Å². The monoisotopic (exact) mass is 276 g/mol. The molecule has 1 aliphatic rings. The van der Waals surface area contributed by atoms with E-state index in [1.807, 2.05) is 39.0 Å². The Morgan fingerprint density at radius 3 is 2.70 bits per heavy atom. The predicted octanol–water partition coefficient (Wildman–Crippen LogP) is 3.13. The summed E-state index contributed by atoms with van der Waals surface area (Å²) in [6.45, 7) is 7.51. The van der Waals surface area contributed by atoms with E-state index in [1.165, 1.54) is 5.56 Å². The molecule has 20 heavy (non-hydrogen) atoms. The Kier molecular flexibility index (Phi) is 4.65. The number of hydrogen-bond acceptors (Lipinski definition) is 3. The summed E-state index contributed by atoms with van der Waals surface area (Å²) in [7, 11) is 0. The number of amides is 1. The minimum Gasteiger partial charge on any atom is -0.444 e. The Labute approximate surface area is 121 Å². The number of hydrogen-bond donors (Lipinski definition) is 1. The van der Waals surface area contributed by atoms with E-state index < -0.39 is 5.60 Å². The molecule has 1 amide bonds. The molecule has 1 saturated heterocycles. The minimum atomic E-state index is -0.451. The molecule has 4 nitrogen and oxygen atoms in total. The molecule has 1 atom stereocenters. The average molecular weight is 276 g/mol. The Morgan fingerprint density at radius 2 is 2.05 bits per heavy atom. The summed E-state index contributed by atoms with van der Waals surface area (Å²) in [5.41, 5.74) is 0.817. The van der Waals surface area contributed by atoms with Crippen LogP contribution in [0.15, 0.2) is 30.3 Å². The highest BCUT2D eigenvalue weighted by atomic mass is 16.6. The van der Waals surface area contributed by atoms with Crippen molar-refractivity contribution < 1.29 is 9.53 Å². The Balaban J connectivity index is 1.89. The van der Waals surface area contributed by atoms with Gasteiger partial charge in [0.1, 0.15) is 5.60 Å². The molecular formula is C16H24N2O2. The standard InChI is InChI=1S/C16H24N2O2/c1-16(2,3)20-15(19)17-14-10-7-11-18(14)12-13-8-5-4-6-9-13/h4-6,8-9,14H,7,10-12H2,1-3H3,(H,17,19)/t14-/m1/s1. The van der Waals surface area contributed by atoms with Crippen molar-refractivity contribution >= 4 is 6.09 Å². The molecular weight excluding hydrogens is 252 g/mol. The Bertz CT molecular complexity index is 440. The lowest BCUT2D eigenvalue weighted by Crippen LogP contribution is -2.45. The molecule has 0 aromatic heterocycles. The van der Waals surface area contributed by atoms with Crippen LogP contribution in [0.25, 0.3) is 0 Å². The first-order chi connectivity index (χ1) is 9.44. The van der Waals surface area contributed by atoms with Crippen LogP contribution in [0, 0.1) is 0 Å². The van der Waals surface area contributed by atoms with Crippen molar-refractivity contribution in [3.8, 4) is 0 Å². The molecule has 0 saturated carbocycles. The number of carbonyl (C=O) groups excluding carboxylic acids is 1. The molecule has 0 spiro atoms. The largest absolute Gasteiger partial charge is 0.444 e. The molecule has 0 radical (unpaired) electrons. The first-order valence-corrected chi connectivity index (χ1v) is 7.21. The third-order valence-corrected chi connectivity index (χ3v) is 3.28. The molecule has 1 N–H and O–H groups in total. The van der Waals surface area contributed by atoms with Crippen LogP contribution in [0.1, 0.15) is 39.2 Å². The summed E-state index contributed by atoms with van der Waals surface area (Å²) in [6, 6.07) is 10.3. The van der Waals surface area contributed by atoms with Crippen molar-refractivity contribution in [2.75, 3.05) is 6.54 Å². The maximum Gasteiger partial charge on any atom is 0.408 e. The van der Waals surface area contributed by atoms with E-state index in [2.05, 4.69) is 22.3 Å². The SMILES string of the molecule is CC(C)(C)OC(=O)N[C@H]1CCCN1Cc1ccccc1. The number of carbonyl (C=O) groups is 1. The number of nitrogens with zero attached hydrogens (tertiary/aromatic N) is 1. The van der Waals surface area contributed by atoms with Crippen LogP contribution in [-0.2, 0) is 11.3 Å². The van der Waals surface area contributed by atoms with Crippen molar-refractivity contribution in [1.29, 1.82) is 0 Å². The highest BCUT2D eigenvalue weighted by Gasteiger charge is 2.27. The van der Waals surface area contributed by atoms with Gasteiger partial charge in [-0.3, -0.25) is 4.90 Å². The van der Waals surface area contributed by atoms with Crippen LogP contribution >= 0.6 is 0 Å². The van der Waals surface area contributed by atoms with Crippen LogP contribution in [0.3, 0.4) is 0 Å². The molecule has 1 aromatic carbocycles. The lowest BCUT2D eigenvalue weighted by molar-refractivity contribution is 0.0444. The highest BCUT2D eigenvalue weighted by Crippen LogP contribution is 2.18. The fourth-order valence-electron chi connectivity index (χ4n) is 2.44. The topological polar surface area (TPSA) is 41.6 Å².